The number of carbonyl (C=O) groups excluding carboxylic acids is 1. The first-order valence-corrected chi connectivity index (χ1v) is 7.67. The minimum absolute atomic E-state index is 0.202. The van der Waals surface area contributed by atoms with Crippen molar-refractivity contribution in [3.05, 3.63) is 30.1 Å². The molecule has 108 valence electrons. The van der Waals surface area contributed by atoms with Crippen LogP contribution in [0.15, 0.2) is 24.5 Å². The predicted molar refractivity (Wildman–Crippen MR) is 78.0 cm³/mol. The van der Waals surface area contributed by atoms with E-state index in [9.17, 15) is 4.79 Å². The monoisotopic (exact) mass is 273 g/mol. The highest BCUT2D eigenvalue weighted by molar-refractivity contribution is 5.79. The molecule has 1 saturated carbocycles. The molecule has 4 heteroatoms. The summed E-state index contributed by atoms with van der Waals surface area (Å²) in [6.45, 7) is 3.87. The number of rotatable bonds is 4. The summed E-state index contributed by atoms with van der Waals surface area (Å²) >= 11 is 0. The molecular weight excluding hydrogens is 250 g/mol. The average molecular weight is 273 g/mol. The van der Waals surface area contributed by atoms with Gasteiger partial charge in [0.05, 0.1) is 0 Å². The molecule has 1 aromatic heterocycles. The lowest BCUT2D eigenvalue weighted by atomic mass is 9.91. The van der Waals surface area contributed by atoms with Crippen LogP contribution in [0.1, 0.15) is 38.2 Å². The fraction of sp³-hybridized carbons (Fsp3) is 0.625. The summed E-state index contributed by atoms with van der Waals surface area (Å²) in [5.74, 6) is 0.561. The Balaban J connectivity index is 1.68. The van der Waals surface area contributed by atoms with Gasteiger partial charge in [0, 0.05) is 36.9 Å². The first-order chi connectivity index (χ1) is 9.74. The minimum atomic E-state index is 0.202. The summed E-state index contributed by atoms with van der Waals surface area (Å²) in [7, 11) is 0. The molecule has 2 aliphatic rings. The van der Waals surface area contributed by atoms with Crippen LogP contribution < -0.4 is 5.32 Å². The highest BCUT2D eigenvalue weighted by Crippen LogP contribution is 2.31. The fourth-order valence-corrected chi connectivity index (χ4v) is 3.05. The Bertz CT molecular complexity index is 458. The van der Waals surface area contributed by atoms with E-state index < -0.39 is 0 Å². The molecule has 3 rings (SSSR count). The average Bonchev–Trinajstić information content (AvgIpc) is 3.30. The Hall–Kier alpha value is -1.42. The molecule has 1 aromatic rings. The Kier molecular flexibility index (Phi) is 4.01. The highest BCUT2D eigenvalue weighted by Gasteiger charge is 2.36. The quantitative estimate of drug-likeness (QED) is 0.912. The molecule has 2 heterocycles. The molecule has 0 unspecified atom stereocenters. The van der Waals surface area contributed by atoms with Crippen molar-refractivity contribution in [2.45, 2.75) is 51.2 Å². The topological polar surface area (TPSA) is 45.2 Å². The van der Waals surface area contributed by atoms with Crippen LogP contribution in [-0.4, -0.2) is 34.4 Å². The number of amides is 1. The van der Waals surface area contributed by atoms with Gasteiger partial charge in [-0.05, 0) is 56.8 Å². The molecule has 0 bridgehead atoms. The largest absolute Gasteiger partial charge is 0.335 e. The molecule has 1 amide bonds. The van der Waals surface area contributed by atoms with Crippen molar-refractivity contribution in [2.24, 2.45) is 5.92 Å². The van der Waals surface area contributed by atoms with Gasteiger partial charge in [0.1, 0.15) is 0 Å². The van der Waals surface area contributed by atoms with Crippen molar-refractivity contribution in [2.75, 3.05) is 6.54 Å². The van der Waals surface area contributed by atoms with E-state index in [1.165, 1.54) is 5.56 Å². The number of pyridine rings is 1. The van der Waals surface area contributed by atoms with E-state index in [-0.39, 0.29) is 5.92 Å². The first kappa shape index (κ1) is 13.6. The van der Waals surface area contributed by atoms with Crippen molar-refractivity contribution in [3.8, 4) is 0 Å². The van der Waals surface area contributed by atoms with Gasteiger partial charge in [0.2, 0.25) is 5.91 Å². The third-order valence-electron chi connectivity index (χ3n) is 4.35. The van der Waals surface area contributed by atoms with Crippen LogP contribution in [0.5, 0.6) is 0 Å². The zero-order valence-corrected chi connectivity index (χ0v) is 12.1. The van der Waals surface area contributed by atoms with E-state index in [2.05, 4.69) is 22.1 Å². The van der Waals surface area contributed by atoms with Crippen LogP contribution in [0.4, 0.5) is 0 Å². The van der Waals surface area contributed by atoms with Crippen molar-refractivity contribution >= 4 is 5.91 Å². The molecule has 1 N–H and O–H groups in total. The lowest BCUT2D eigenvalue weighted by molar-refractivity contribution is -0.138. The third kappa shape index (κ3) is 3.18. The van der Waals surface area contributed by atoms with Gasteiger partial charge in [-0.1, -0.05) is 0 Å². The number of nitrogens with one attached hydrogen (secondary N) is 1. The number of carbonyl (C=O) groups is 1. The van der Waals surface area contributed by atoms with E-state index in [0.717, 1.165) is 38.8 Å². The summed E-state index contributed by atoms with van der Waals surface area (Å²) in [5.41, 5.74) is 1.18. The van der Waals surface area contributed by atoms with E-state index in [1.807, 2.05) is 12.1 Å². The Labute approximate surface area is 120 Å². The molecule has 2 fully saturated rings. The maximum atomic E-state index is 12.8. The number of piperidine rings is 1. The van der Waals surface area contributed by atoms with E-state index in [0.29, 0.717) is 18.0 Å². The molecule has 1 aliphatic heterocycles. The van der Waals surface area contributed by atoms with Crippen molar-refractivity contribution in [1.82, 2.24) is 15.2 Å². The molecule has 0 spiro atoms. The first-order valence-electron chi connectivity index (χ1n) is 7.67. The predicted octanol–water partition coefficient (Wildman–Crippen LogP) is 1.96. The summed E-state index contributed by atoms with van der Waals surface area (Å²) < 4.78 is 0. The second-order valence-corrected chi connectivity index (χ2v) is 6.13. The minimum Gasteiger partial charge on any atom is -0.335 e. The van der Waals surface area contributed by atoms with Crippen LogP contribution in [0.3, 0.4) is 0 Å². The lowest BCUT2D eigenvalue weighted by Crippen LogP contribution is -2.44. The van der Waals surface area contributed by atoms with Crippen LogP contribution in [0.2, 0.25) is 0 Å². The van der Waals surface area contributed by atoms with Crippen LogP contribution in [0.25, 0.3) is 0 Å². The molecule has 4 nitrogen and oxygen atoms in total. The maximum absolute atomic E-state index is 12.8. The molecule has 20 heavy (non-hydrogen) atoms. The number of nitrogens with zero attached hydrogens (tertiary/aromatic N) is 2. The zero-order valence-electron chi connectivity index (χ0n) is 12.1. The SMILES string of the molecule is C[C@H]1C[C@@H](C(=O)N(Cc2ccncc2)C2CC2)CCN1. The highest BCUT2D eigenvalue weighted by atomic mass is 16.2. The molecule has 1 saturated heterocycles. The summed E-state index contributed by atoms with van der Waals surface area (Å²) in [6, 6.07) is 4.95. The van der Waals surface area contributed by atoms with Crippen LogP contribution in [0, 0.1) is 5.92 Å². The third-order valence-corrected chi connectivity index (χ3v) is 4.35. The van der Waals surface area contributed by atoms with E-state index >= 15 is 0 Å². The molecule has 1 aliphatic carbocycles. The molecule has 2 atom stereocenters. The second kappa shape index (κ2) is 5.92. The Morgan fingerprint density at radius 1 is 1.35 bits per heavy atom. The Morgan fingerprint density at radius 3 is 2.75 bits per heavy atom. The number of hydrogen-bond acceptors (Lipinski definition) is 3. The van der Waals surface area contributed by atoms with Gasteiger partial charge in [-0.25, -0.2) is 0 Å². The maximum Gasteiger partial charge on any atom is 0.226 e. The van der Waals surface area contributed by atoms with Gasteiger partial charge >= 0.3 is 0 Å². The summed E-state index contributed by atoms with van der Waals surface area (Å²) in [6.07, 6.45) is 7.88. The summed E-state index contributed by atoms with van der Waals surface area (Å²) in [5, 5.41) is 3.42. The van der Waals surface area contributed by atoms with Crippen molar-refractivity contribution in [1.29, 1.82) is 0 Å². The lowest BCUT2D eigenvalue weighted by Gasteiger charge is -2.32. The van der Waals surface area contributed by atoms with Gasteiger partial charge in [0.15, 0.2) is 0 Å². The van der Waals surface area contributed by atoms with Crippen LogP contribution in [-0.2, 0) is 11.3 Å². The van der Waals surface area contributed by atoms with E-state index in [4.69, 9.17) is 0 Å². The van der Waals surface area contributed by atoms with Crippen LogP contribution >= 0.6 is 0 Å². The Morgan fingerprint density at radius 2 is 2.10 bits per heavy atom. The van der Waals surface area contributed by atoms with Gasteiger partial charge in [-0.3, -0.25) is 9.78 Å². The smallest absolute Gasteiger partial charge is 0.226 e. The number of aromatic nitrogens is 1. The fourth-order valence-electron chi connectivity index (χ4n) is 3.05. The molecule has 0 aromatic carbocycles. The standard InChI is InChI=1S/C16H23N3O/c1-12-10-14(6-9-18-12)16(20)19(15-2-3-15)11-13-4-7-17-8-5-13/h4-5,7-8,12,14-15,18H,2-3,6,9-11H2,1H3/t12-,14-/m0/s1. The second-order valence-electron chi connectivity index (χ2n) is 6.13. The summed E-state index contributed by atoms with van der Waals surface area (Å²) in [4.78, 5) is 19.0. The van der Waals surface area contributed by atoms with Crippen molar-refractivity contribution in [3.63, 3.8) is 0 Å². The zero-order chi connectivity index (χ0) is 13.9. The molecular formula is C16H23N3O. The van der Waals surface area contributed by atoms with Gasteiger partial charge in [-0.15, -0.1) is 0 Å². The van der Waals surface area contributed by atoms with Gasteiger partial charge in [0.25, 0.3) is 0 Å². The normalized spacial score (nSPS) is 26.2. The molecule has 0 radical (unpaired) electrons. The van der Waals surface area contributed by atoms with E-state index in [1.54, 1.807) is 12.4 Å². The van der Waals surface area contributed by atoms with Gasteiger partial charge in [-0.2, -0.15) is 0 Å². The van der Waals surface area contributed by atoms with Gasteiger partial charge < -0.3 is 10.2 Å². The van der Waals surface area contributed by atoms with Crippen molar-refractivity contribution < 1.29 is 4.79 Å². The number of hydrogen-bond donors (Lipinski definition) is 1.